The lowest BCUT2D eigenvalue weighted by atomic mass is 10.2. The lowest BCUT2D eigenvalue weighted by Gasteiger charge is -2.07. The van der Waals surface area contributed by atoms with Crippen molar-refractivity contribution in [2.75, 3.05) is 6.54 Å². The fourth-order valence-electron chi connectivity index (χ4n) is 2.07. The van der Waals surface area contributed by atoms with E-state index in [0.717, 1.165) is 27.9 Å². The van der Waals surface area contributed by atoms with Gasteiger partial charge in [0, 0.05) is 4.70 Å². The van der Waals surface area contributed by atoms with E-state index in [1.165, 1.54) is 23.5 Å². The maximum atomic E-state index is 13.2. The Balaban J connectivity index is 1.87. The number of nitrogens with one attached hydrogen (secondary N) is 1. The van der Waals surface area contributed by atoms with Gasteiger partial charge in [0.25, 0.3) is 5.89 Å². The molecule has 0 saturated heterocycles. The monoisotopic (exact) mass is 305 g/mol. The van der Waals surface area contributed by atoms with Gasteiger partial charge in [0.05, 0.1) is 10.9 Å². The lowest BCUT2D eigenvalue weighted by molar-refractivity contribution is 0.423. The number of hydrogen-bond acceptors (Lipinski definition) is 5. The van der Waals surface area contributed by atoms with Crippen molar-refractivity contribution in [2.45, 2.75) is 26.3 Å². The van der Waals surface area contributed by atoms with Crippen molar-refractivity contribution in [3.8, 4) is 10.8 Å². The number of rotatable bonds is 5. The zero-order chi connectivity index (χ0) is 14.8. The lowest BCUT2D eigenvalue weighted by Crippen LogP contribution is -2.19. The summed E-state index contributed by atoms with van der Waals surface area (Å²) >= 11 is 1.45. The molecule has 0 fully saturated rings. The molecule has 1 N–H and O–H groups in total. The van der Waals surface area contributed by atoms with Crippen molar-refractivity contribution in [1.82, 2.24) is 15.5 Å². The highest BCUT2D eigenvalue weighted by molar-refractivity contribution is 7.22. The van der Waals surface area contributed by atoms with Crippen molar-refractivity contribution in [3.63, 3.8) is 0 Å². The van der Waals surface area contributed by atoms with Crippen molar-refractivity contribution in [2.24, 2.45) is 0 Å². The number of benzene rings is 1. The number of aromatic nitrogens is 2. The standard InChI is InChI=1S/C15H16FN3OS/c1-3-6-17-9(2)14-18-19-15(20-14)13-7-10-4-5-11(16)8-12(10)21-13/h4-5,7-9,17H,3,6H2,1-2H3. The summed E-state index contributed by atoms with van der Waals surface area (Å²) in [6, 6.07) is 6.70. The molecule has 3 rings (SSSR count). The van der Waals surface area contributed by atoms with E-state index in [9.17, 15) is 4.39 Å². The van der Waals surface area contributed by atoms with Crippen molar-refractivity contribution < 1.29 is 8.81 Å². The second kappa shape index (κ2) is 5.91. The van der Waals surface area contributed by atoms with E-state index in [1.54, 1.807) is 6.07 Å². The van der Waals surface area contributed by atoms with Crippen LogP contribution in [0.4, 0.5) is 4.39 Å². The molecule has 0 bridgehead atoms. The average Bonchev–Trinajstić information content (AvgIpc) is 3.10. The zero-order valence-corrected chi connectivity index (χ0v) is 12.7. The Morgan fingerprint density at radius 1 is 1.33 bits per heavy atom. The third-order valence-electron chi connectivity index (χ3n) is 3.20. The van der Waals surface area contributed by atoms with Gasteiger partial charge in [-0.1, -0.05) is 13.0 Å². The van der Waals surface area contributed by atoms with Crippen LogP contribution in [0.2, 0.25) is 0 Å². The smallest absolute Gasteiger partial charge is 0.257 e. The third kappa shape index (κ3) is 2.96. The van der Waals surface area contributed by atoms with Crippen molar-refractivity contribution in [3.05, 3.63) is 36.0 Å². The molecule has 1 atom stereocenters. The Morgan fingerprint density at radius 3 is 3.00 bits per heavy atom. The molecule has 0 saturated carbocycles. The van der Waals surface area contributed by atoms with Gasteiger partial charge in [0.1, 0.15) is 5.82 Å². The highest BCUT2D eigenvalue weighted by atomic mass is 32.1. The Kier molecular flexibility index (Phi) is 3.98. The van der Waals surface area contributed by atoms with E-state index in [4.69, 9.17) is 4.42 Å². The van der Waals surface area contributed by atoms with Crippen LogP contribution in [-0.2, 0) is 0 Å². The van der Waals surface area contributed by atoms with E-state index in [-0.39, 0.29) is 11.9 Å². The first kappa shape index (κ1) is 14.2. The Hall–Kier alpha value is -1.79. The van der Waals surface area contributed by atoms with Crippen LogP contribution in [0.3, 0.4) is 0 Å². The molecular weight excluding hydrogens is 289 g/mol. The Morgan fingerprint density at radius 2 is 2.19 bits per heavy atom. The topological polar surface area (TPSA) is 51.0 Å². The van der Waals surface area contributed by atoms with Gasteiger partial charge in [-0.15, -0.1) is 21.5 Å². The SMILES string of the molecule is CCCNC(C)c1nnc(-c2cc3ccc(F)cc3s2)o1. The van der Waals surface area contributed by atoms with E-state index >= 15 is 0 Å². The van der Waals surface area contributed by atoms with Crippen molar-refractivity contribution >= 4 is 21.4 Å². The average molecular weight is 305 g/mol. The zero-order valence-electron chi connectivity index (χ0n) is 11.9. The quantitative estimate of drug-likeness (QED) is 0.769. The largest absolute Gasteiger partial charge is 0.418 e. The van der Waals surface area contributed by atoms with E-state index in [2.05, 4.69) is 22.4 Å². The van der Waals surface area contributed by atoms with Gasteiger partial charge in [-0.3, -0.25) is 0 Å². The molecule has 2 aromatic heterocycles. The van der Waals surface area contributed by atoms with Crippen LogP contribution in [0.5, 0.6) is 0 Å². The van der Waals surface area contributed by atoms with E-state index in [0.29, 0.717) is 11.8 Å². The molecule has 0 aliphatic rings. The van der Waals surface area contributed by atoms with Crippen LogP contribution < -0.4 is 5.32 Å². The van der Waals surface area contributed by atoms with Crippen LogP contribution in [0, 0.1) is 5.82 Å². The molecule has 110 valence electrons. The van der Waals surface area contributed by atoms with Gasteiger partial charge in [0.2, 0.25) is 5.89 Å². The summed E-state index contributed by atoms with van der Waals surface area (Å²) in [5.74, 6) is 0.818. The molecule has 1 aromatic carbocycles. The molecule has 0 radical (unpaired) electrons. The summed E-state index contributed by atoms with van der Waals surface area (Å²) in [6.07, 6.45) is 1.05. The molecular formula is C15H16FN3OS. The predicted molar refractivity (Wildman–Crippen MR) is 81.8 cm³/mol. The molecule has 0 aliphatic heterocycles. The number of halogens is 1. The summed E-state index contributed by atoms with van der Waals surface area (Å²) in [6.45, 7) is 5.00. The van der Waals surface area contributed by atoms with E-state index in [1.807, 2.05) is 13.0 Å². The van der Waals surface area contributed by atoms with Crippen LogP contribution in [-0.4, -0.2) is 16.7 Å². The van der Waals surface area contributed by atoms with Gasteiger partial charge in [-0.25, -0.2) is 4.39 Å². The molecule has 6 heteroatoms. The normalized spacial score (nSPS) is 12.9. The molecule has 0 spiro atoms. The third-order valence-corrected chi connectivity index (χ3v) is 4.29. The summed E-state index contributed by atoms with van der Waals surface area (Å²) in [5.41, 5.74) is 0. The fraction of sp³-hybridized carbons (Fsp3) is 0.333. The van der Waals surface area contributed by atoms with Gasteiger partial charge in [0.15, 0.2) is 0 Å². The number of nitrogens with zero attached hydrogens (tertiary/aromatic N) is 2. The maximum Gasteiger partial charge on any atom is 0.257 e. The summed E-state index contributed by atoms with van der Waals surface area (Å²) in [4.78, 5) is 0.858. The van der Waals surface area contributed by atoms with Crippen molar-refractivity contribution in [1.29, 1.82) is 0 Å². The number of hydrogen-bond donors (Lipinski definition) is 1. The number of thiophene rings is 1. The first-order chi connectivity index (χ1) is 10.2. The summed E-state index contributed by atoms with van der Waals surface area (Å²) in [5, 5.41) is 12.5. The van der Waals surface area contributed by atoms with Gasteiger partial charge in [-0.2, -0.15) is 0 Å². The molecule has 2 heterocycles. The first-order valence-corrected chi connectivity index (χ1v) is 7.75. The highest BCUT2D eigenvalue weighted by Crippen LogP contribution is 2.33. The minimum Gasteiger partial charge on any atom is -0.418 e. The summed E-state index contributed by atoms with van der Waals surface area (Å²) in [7, 11) is 0. The first-order valence-electron chi connectivity index (χ1n) is 6.93. The minimum absolute atomic E-state index is 0.0259. The van der Waals surface area contributed by atoms with Crippen LogP contribution in [0.1, 0.15) is 32.2 Å². The molecule has 0 aliphatic carbocycles. The van der Waals surface area contributed by atoms with Gasteiger partial charge < -0.3 is 9.73 Å². The Labute approximate surface area is 126 Å². The molecule has 0 amide bonds. The second-order valence-electron chi connectivity index (χ2n) is 4.91. The summed E-state index contributed by atoms with van der Waals surface area (Å²) < 4.78 is 19.8. The molecule has 1 unspecified atom stereocenters. The van der Waals surface area contributed by atoms with Crippen LogP contribution in [0.25, 0.3) is 20.9 Å². The van der Waals surface area contributed by atoms with Gasteiger partial charge in [-0.05, 0) is 43.5 Å². The maximum absolute atomic E-state index is 13.2. The number of fused-ring (bicyclic) bond motifs is 1. The Bertz CT molecular complexity index is 752. The predicted octanol–water partition coefficient (Wildman–Crippen LogP) is 4.15. The van der Waals surface area contributed by atoms with Crippen LogP contribution in [0.15, 0.2) is 28.7 Å². The molecule has 3 aromatic rings. The van der Waals surface area contributed by atoms with E-state index < -0.39 is 0 Å². The highest BCUT2D eigenvalue weighted by Gasteiger charge is 2.16. The molecule has 21 heavy (non-hydrogen) atoms. The van der Waals surface area contributed by atoms with Gasteiger partial charge >= 0.3 is 0 Å². The minimum atomic E-state index is -0.237. The second-order valence-corrected chi connectivity index (χ2v) is 6.00. The molecule has 4 nitrogen and oxygen atoms in total. The van der Waals surface area contributed by atoms with Crippen LogP contribution >= 0.6 is 11.3 Å². The fourth-order valence-corrected chi connectivity index (χ4v) is 3.08.